The maximum absolute atomic E-state index is 5.32. The van der Waals surface area contributed by atoms with Gasteiger partial charge in [-0.1, -0.05) is 19.0 Å². The van der Waals surface area contributed by atoms with Crippen molar-refractivity contribution in [2.75, 3.05) is 11.9 Å². The van der Waals surface area contributed by atoms with Crippen molar-refractivity contribution in [1.29, 1.82) is 0 Å². The van der Waals surface area contributed by atoms with Crippen LogP contribution < -0.4 is 4.90 Å². The molecule has 3 aromatic heterocycles. The molecule has 0 radical (unpaired) electrons. The molecule has 0 aliphatic rings. The first-order valence-electron chi connectivity index (χ1n) is 7.58. The molecule has 0 bridgehead atoms. The van der Waals surface area contributed by atoms with E-state index in [-0.39, 0.29) is 5.92 Å². The fourth-order valence-corrected chi connectivity index (χ4v) is 2.52. The Labute approximate surface area is 134 Å². The average Bonchev–Trinajstić information content (AvgIpc) is 2.95. The zero-order valence-electron chi connectivity index (χ0n) is 14.0. The van der Waals surface area contributed by atoms with Crippen LogP contribution in [0.5, 0.6) is 0 Å². The van der Waals surface area contributed by atoms with Gasteiger partial charge in [0.05, 0.1) is 11.9 Å². The van der Waals surface area contributed by atoms with Gasteiger partial charge in [0.2, 0.25) is 5.89 Å². The Morgan fingerprint density at radius 2 is 1.96 bits per heavy atom. The SMILES string of the molecule is Cc1cc(C)c2c(N(C)Cc3nc(C(C)C)no3)ncnc2n1. The van der Waals surface area contributed by atoms with Crippen LogP contribution in [0.15, 0.2) is 16.9 Å². The predicted octanol–water partition coefficient (Wildman–Crippen LogP) is 2.78. The van der Waals surface area contributed by atoms with Gasteiger partial charge in [-0.15, -0.1) is 0 Å². The first kappa shape index (κ1) is 15.3. The summed E-state index contributed by atoms with van der Waals surface area (Å²) < 4.78 is 5.32. The number of hydrogen-bond donors (Lipinski definition) is 0. The van der Waals surface area contributed by atoms with E-state index in [9.17, 15) is 0 Å². The smallest absolute Gasteiger partial charge is 0.246 e. The summed E-state index contributed by atoms with van der Waals surface area (Å²) in [6, 6.07) is 2.03. The van der Waals surface area contributed by atoms with E-state index in [1.807, 2.05) is 45.7 Å². The average molecular weight is 312 g/mol. The van der Waals surface area contributed by atoms with Crippen LogP contribution in [0.4, 0.5) is 5.82 Å². The molecule has 3 heterocycles. The second-order valence-electron chi connectivity index (χ2n) is 6.03. The molecule has 0 saturated heterocycles. The van der Waals surface area contributed by atoms with E-state index in [4.69, 9.17) is 4.52 Å². The van der Waals surface area contributed by atoms with Gasteiger partial charge in [-0.3, -0.25) is 0 Å². The molecular formula is C16H20N6O. The number of rotatable bonds is 4. The summed E-state index contributed by atoms with van der Waals surface area (Å²) in [5, 5.41) is 4.94. The van der Waals surface area contributed by atoms with Gasteiger partial charge in [-0.05, 0) is 25.5 Å². The summed E-state index contributed by atoms with van der Waals surface area (Å²) >= 11 is 0. The maximum Gasteiger partial charge on any atom is 0.246 e. The van der Waals surface area contributed by atoms with Crippen LogP contribution in [0.3, 0.4) is 0 Å². The Morgan fingerprint density at radius 1 is 1.17 bits per heavy atom. The van der Waals surface area contributed by atoms with E-state index >= 15 is 0 Å². The molecule has 0 amide bonds. The van der Waals surface area contributed by atoms with Crippen LogP contribution in [-0.4, -0.2) is 32.1 Å². The number of aryl methyl sites for hydroxylation is 2. The fourth-order valence-electron chi connectivity index (χ4n) is 2.52. The summed E-state index contributed by atoms with van der Waals surface area (Å²) in [4.78, 5) is 19.6. The standard InChI is InChI=1S/C16H20N6O/c1-9(2)14-20-12(23-21-14)7-22(5)16-13-10(3)6-11(4)19-15(13)17-8-18-16/h6,8-9H,7H2,1-5H3. The molecule has 7 nitrogen and oxygen atoms in total. The molecule has 0 fully saturated rings. The van der Waals surface area contributed by atoms with Gasteiger partial charge < -0.3 is 9.42 Å². The highest BCUT2D eigenvalue weighted by Gasteiger charge is 2.16. The van der Waals surface area contributed by atoms with Crippen LogP contribution in [-0.2, 0) is 6.54 Å². The van der Waals surface area contributed by atoms with E-state index in [2.05, 4.69) is 25.1 Å². The molecule has 23 heavy (non-hydrogen) atoms. The Kier molecular flexibility index (Phi) is 3.94. The van der Waals surface area contributed by atoms with Crippen molar-refractivity contribution >= 4 is 16.9 Å². The number of hydrogen-bond acceptors (Lipinski definition) is 7. The summed E-state index contributed by atoms with van der Waals surface area (Å²) in [7, 11) is 1.94. The Hall–Kier alpha value is -2.57. The Bertz CT molecular complexity index is 842. The Balaban J connectivity index is 1.95. The molecule has 120 valence electrons. The lowest BCUT2D eigenvalue weighted by Crippen LogP contribution is -2.19. The molecule has 0 aromatic carbocycles. The van der Waals surface area contributed by atoms with Crippen LogP contribution >= 0.6 is 0 Å². The first-order valence-corrected chi connectivity index (χ1v) is 7.58. The van der Waals surface area contributed by atoms with Gasteiger partial charge in [0.25, 0.3) is 0 Å². The molecule has 7 heteroatoms. The maximum atomic E-state index is 5.32. The molecule has 0 aliphatic carbocycles. The van der Waals surface area contributed by atoms with Crippen molar-refractivity contribution in [3.05, 3.63) is 35.4 Å². The number of aromatic nitrogens is 5. The molecule has 0 spiro atoms. The van der Waals surface area contributed by atoms with Crippen LogP contribution in [0.1, 0.15) is 42.7 Å². The van der Waals surface area contributed by atoms with Gasteiger partial charge in [0, 0.05) is 18.7 Å². The molecule has 3 aromatic rings. The Morgan fingerprint density at radius 3 is 2.65 bits per heavy atom. The van der Waals surface area contributed by atoms with Crippen molar-refractivity contribution in [1.82, 2.24) is 25.1 Å². The van der Waals surface area contributed by atoms with Crippen LogP contribution in [0, 0.1) is 13.8 Å². The van der Waals surface area contributed by atoms with Gasteiger partial charge in [-0.25, -0.2) is 15.0 Å². The molecule has 0 unspecified atom stereocenters. The fraction of sp³-hybridized carbons (Fsp3) is 0.438. The summed E-state index contributed by atoms with van der Waals surface area (Å²) in [6.45, 7) is 8.56. The quantitative estimate of drug-likeness (QED) is 0.732. The number of pyridine rings is 1. The second kappa shape index (κ2) is 5.91. The lowest BCUT2D eigenvalue weighted by Gasteiger charge is -2.18. The zero-order valence-corrected chi connectivity index (χ0v) is 14.0. The molecule has 0 atom stereocenters. The van der Waals surface area contributed by atoms with Crippen LogP contribution in [0.25, 0.3) is 11.0 Å². The highest BCUT2D eigenvalue weighted by molar-refractivity contribution is 5.89. The van der Waals surface area contributed by atoms with Gasteiger partial charge in [-0.2, -0.15) is 4.98 Å². The van der Waals surface area contributed by atoms with Crippen molar-refractivity contribution in [3.63, 3.8) is 0 Å². The predicted molar refractivity (Wildman–Crippen MR) is 87.3 cm³/mol. The summed E-state index contributed by atoms with van der Waals surface area (Å²) in [5.74, 6) is 2.34. The van der Waals surface area contributed by atoms with E-state index in [0.29, 0.717) is 18.1 Å². The highest BCUT2D eigenvalue weighted by atomic mass is 16.5. The lowest BCUT2D eigenvalue weighted by molar-refractivity contribution is 0.371. The largest absolute Gasteiger partial charge is 0.350 e. The lowest BCUT2D eigenvalue weighted by atomic mass is 10.1. The molecule has 0 aliphatic heterocycles. The molecule has 0 saturated carbocycles. The molecule has 3 rings (SSSR count). The van der Waals surface area contributed by atoms with Gasteiger partial charge in [0.15, 0.2) is 11.5 Å². The van der Waals surface area contributed by atoms with Crippen molar-refractivity contribution in [3.8, 4) is 0 Å². The molecular weight excluding hydrogens is 292 g/mol. The zero-order chi connectivity index (χ0) is 16.6. The summed E-state index contributed by atoms with van der Waals surface area (Å²) in [5.41, 5.74) is 2.75. The minimum atomic E-state index is 0.243. The second-order valence-corrected chi connectivity index (χ2v) is 6.03. The normalized spacial score (nSPS) is 11.4. The van der Waals surface area contributed by atoms with Crippen molar-refractivity contribution < 1.29 is 4.52 Å². The third-order valence-electron chi connectivity index (χ3n) is 3.64. The summed E-state index contributed by atoms with van der Waals surface area (Å²) in [6.07, 6.45) is 1.54. The van der Waals surface area contributed by atoms with E-state index in [1.54, 1.807) is 0 Å². The minimum Gasteiger partial charge on any atom is -0.350 e. The van der Waals surface area contributed by atoms with E-state index < -0.39 is 0 Å². The third kappa shape index (κ3) is 2.99. The number of nitrogens with zero attached hydrogens (tertiary/aromatic N) is 6. The number of fused-ring (bicyclic) bond motifs is 1. The van der Waals surface area contributed by atoms with Gasteiger partial charge >= 0.3 is 0 Å². The first-order chi connectivity index (χ1) is 11.0. The van der Waals surface area contributed by atoms with Crippen molar-refractivity contribution in [2.45, 2.75) is 40.2 Å². The van der Waals surface area contributed by atoms with E-state index in [0.717, 1.165) is 28.3 Å². The topological polar surface area (TPSA) is 80.8 Å². The van der Waals surface area contributed by atoms with E-state index in [1.165, 1.54) is 6.33 Å². The minimum absolute atomic E-state index is 0.243. The highest BCUT2D eigenvalue weighted by Crippen LogP contribution is 2.26. The third-order valence-corrected chi connectivity index (χ3v) is 3.64. The van der Waals surface area contributed by atoms with Crippen molar-refractivity contribution in [2.24, 2.45) is 0 Å². The number of anilines is 1. The molecule has 0 N–H and O–H groups in total. The van der Waals surface area contributed by atoms with Gasteiger partial charge in [0.1, 0.15) is 12.1 Å². The monoisotopic (exact) mass is 312 g/mol. The van der Waals surface area contributed by atoms with Crippen LogP contribution in [0.2, 0.25) is 0 Å².